The standard InChI is InChI=1S/C13H20N4/c1-2-13(1)17-5-3-12(4-6-17)16-9-11-7-14-10-15-8-11/h7-8,10,12-13,16H,1-6,9H2. The Hall–Kier alpha value is -1.00. The molecule has 0 atom stereocenters. The summed E-state index contributed by atoms with van der Waals surface area (Å²) < 4.78 is 0. The van der Waals surface area contributed by atoms with E-state index in [-0.39, 0.29) is 0 Å². The van der Waals surface area contributed by atoms with E-state index in [4.69, 9.17) is 0 Å². The number of hydrogen-bond acceptors (Lipinski definition) is 4. The summed E-state index contributed by atoms with van der Waals surface area (Å²) in [5.41, 5.74) is 1.18. The van der Waals surface area contributed by atoms with E-state index in [2.05, 4.69) is 20.2 Å². The monoisotopic (exact) mass is 232 g/mol. The average Bonchev–Trinajstić information content (AvgIpc) is 3.23. The van der Waals surface area contributed by atoms with Crippen molar-refractivity contribution < 1.29 is 0 Å². The molecule has 0 bridgehead atoms. The lowest BCUT2D eigenvalue weighted by molar-refractivity contribution is 0.189. The normalized spacial score (nSPS) is 22.8. The maximum atomic E-state index is 4.03. The number of nitrogens with zero attached hydrogens (tertiary/aromatic N) is 3. The second-order valence-corrected chi connectivity index (χ2v) is 5.17. The van der Waals surface area contributed by atoms with Gasteiger partial charge in [0.25, 0.3) is 0 Å². The SMILES string of the molecule is c1ncc(CNC2CCN(C3CC3)CC2)cn1. The summed E-state index contributed by atoms with van der Waals surface area (Å²) >= 11 is 0. The van der Waals surface area contributed by atoms with Crippen molar-refractivity contribution in [1.82, 2.24) is 20.2 Å². The van der Waals surface area contributed by atoms with Crippen LogP contribution in [-0.4, -0.2) is 40.0 Å². The van der Waals surface area contributed by atoms with Gasteiger partial charge in [-0.15, -0.1) is 0 Å². The fourth-order valence-corrected chi connectivity index (χ4v) is 2.59. The number of aromatic nitrogens is 2. The number of rotatable bonds is 4. The molecule has 17 heavy (non-hydrogen) atoms. The van der Waals surface area contributed by atoms with Crippen LogP contribution in [0, 0.1) is 0 Å². The molecule has 1 aromatic heterocycles. The van der Waals surface area contributed by atoms with Crippen molar-refractivity contribution in [2.75, 3.05) is 13.1 Å². The zero-order valence-electron chi connectivity index (χ0n) is 10.2. The van der Waals surface area contributed by atoms with Crippen LogP contribution in [0.5, 0.6) is 0 Å². The van der Waals surface area contributed by atoms with Crippen molar-refractivity contribution in [1.29, 1.82) is 0 Å². The van der Waals surface area contributed by atoms with Crippen LogP contribution in [0.4, 0.5) is 0 Å². The third-order valence-electron chi connectivity index (χ3n) is 3.80. The molecule has 4 nitrogen and oxygen atoms in total. The number of nitrogens with one attached hydrogen (secondary N) is 1. The summed E-state index contributed by atoms with van der Waals surface area (Å²) in [6.07, 6.45) is 10.8. The van der Waals surface area contributed by atoms with Gasteiger partial charge in [-0.3, -0.25) is 0 Å². The molecule has 1 aliphatic heterocycles. The molecular formula is C13H20N4. The molecule has 4 heteroatoms. The smallest absolute Gasteiger partial charge is 0.115 e. The minimum absolute atomic E-state index is 0.671. The highest BCUT2D eigenvalue weighted by atomic mass is 15.2. The lowest BCUT2D eigenvalue weighted by atomic mass is 10.0. The molecule has 1 aliphatic carbocycles. The Morgan fingerprint density at radius 2 is 1.82 bits per heavy atom. The Labute approximate surface area is 102 Å². The minimum atomic E-state index is 0.671. The van der Waals surface area contributed by atoms with Crippen molar-refractivity contribution in [3.63, 3.8) is 0 Å². The van der Waals surface area contributed by atoms with E-state index < -0.39 is 0 Å². The molecule has 0 amide bonds. The van der Waals surface area contributed by atoms with Crippen LogP contribution in [0.1, 0.15) is 31.2 Å². The van der Waals surface area contributed by atoms with Crippen LogP contribution >= 0.6 is 0 Å². The molecule has 1 aromatic rings. The van der Waals surface area contributed by atoms with Crippen molar-refractivity contribution in [2.24, 2.45) is 0 Å². The summed E-state index contributed by atoms with van der Waals surface area (Å²) in [6, 6.07) is 1.60. The summed E-state index contributed by atoms with van der Waals surface area (Å²) in [5, 5.41) is 3.61. The maximum Gasteiger partial charge on any atom is 0.115 e. The molecule has 2 fully saturated rings. The summed E-state index contributed by atoms with van der Waals surface area (Å²) in [5.74, 6) is 0. The largest absolute Gasteiger partial charge is 0.310 e. The predicted octanol–water partition coefficient (Wildman–Crippen LogP) is 1.19. The van der Waals surface area contributed by atoms with Gasteiger partial charge in [-0.25, -0.2) is 9.97 Å². The van der Waals surface area contributed by atoms with Crippen LogP contribution in [0.2, 0.25) is 0 Å². The highest BCUT2D eigenvalue weighted by molar-refractivity contribution is 5.02. The maximum absolute atomic E-state index is 4.03. The van der Waals surface area contributed by atoms with Crippen LogP contribution < -0.4 is 5.32 Å². The second kappa shape index (κ2) is 5.10. The van der Waals surface area contributed by atoms with E-state index in [1.807, 2.05) is 12.4 Å². The van der Waals surface area contributed by atoms with Gasteiger partial charge >= 0.3 is 0 Å². The number of piperidine rings is 1. The van der Waals surface area contributed by atoms with Gasteiger partial charge in [0.05, 0.1) is 0 Å². The first-order chi connectivity index (χ1) is 8.42. The third-order valence-corrected chi connectivity index (χ3v) is 3.80. The topological polar surface area (TPSA) is 41.1 Å². The highest BCUT2D eigenvalue weighted by Crippen LogP contribution is 2.29. The Morgan fingerprint density at radius 3 is 2.47 bits per heavy atom. The van der Waals surface area contributed by atoms with Crippen LogP contribution in [0.15, 0.2) is 18.7 Å². The lowest BCUT2D eigenvalue weighted by Crippen LogP contribution is -2.43. The zero-order valence-corrected chi connectivity index (χ0v) is 10.2. The molecule has 2 aliphatic rings. The van der Waals surface area contributed by atoms with E-state index in [9.17, 15) is 0 Å². The Bertz CT molecular complexity index is 342. The molecule has 3 rings (SSSR count). The van der Waals surface area contributed by atoms with Gasteiger partial charge in [0, 0.05) is 36.6 Å². The molecule has 0 unspecified atom stereocenters. The zero-order chi connectivity index (χ0) is 11.5. The molecular weight excluding hydrogens is 212 g/mol. The molecule has 0 spiro atoms. The summed E-state index contributed by atoms with van der Waals surface area (Å²) in [4.78, 5) is 10.7. The average molecular weight is 232 g/mol. The van der Waals surface area contributed by atoms with Gasteiger partial charge in [-0.1, -0.05) is 0 Å². The molecule has 1 saturated carbocycles. The predicted molar refractivity (Wildman–Crippen MR) is 66.5 cm³/mol. The first-order valence-corrected chi connectivity index (χ1v) is 6.63. The van der Waals surface area contributed by atoms with Gasteiger partial charge in [-0.05, 0) is 38.8 Å². The summed E-state index contributed by atoms with van der Waals surface area (Å²) in [6.45, 7) is 3.44. The van der Waals surface area contributed by atoms with E-state index in [0.29, 0.717) is 6.04 Å². The van der Waals surface area contributed by atoms with Gasteiger partial charge in [-0.2, -0.15) is 0 Å². The van der Waals surface area contributed by atoms with E-state index >= 15 is 0 Å². The lowest BCUT2D eigenvalue weighted by Gasteiger charge is -2.32. The van der Waals surface area contributed by atoms with Crippen LogP contribution in [0.25, 0.3) is 0 Å². The van der Waals surface area contributed by atoms with Crippen LogP contribution in [-0.2, 0) is 6.54 Å². The van der Waals surface area contributed by atoms with Crippen molar-refractivity contribution >= 4 is 0 Å². The Balaban J connectivity index is 1.41. The Kier molecular flexibility index (Phi) is 3.34. The van der Waals surface area contributed by atoms with E-state index in [1.54, 1.807) is 6.33 Å². The third kappa shape index (κ3) is 3.01. The van der Waals surface area contributed by atoms with E-state index in [1.165, 1.54) is 44.3 Å². The van der Waals surface area contributed by atoms with E-state index in [0.717, 1.165) is 12.6 Å². The Morgan fingerprint density at radius 1 is 1.12 bits per heavy atom. The van der Waals surface area contributed by atoms with Gasteiger partial charge in [0.15, 0.2) is 0 Å². The fraction of sp³-hybridized carbons (Fsp3) is 0.692. The fourth-order valence-electron chi connectivity index (χ4n) is 2.59. The number of likely N-dealkylation sites (tertiary alicyclic amines) is 1. The molecule has 1 N–H and O–H groups in total. The quantitative estimate of drug-likeness (QED) is 0.846. The highest BCUT2D eigenvalue weighted by Gasteiger charge is 2.31. The first kappa shape index (κ1) is 11.1. The van der Waals surface area contributed by atoms with Crippen molar-refractivity contribution in [2.45, 2.75) is 44.3 Å². The van der Waals surface area contributed by atoms with Crippen molar-refractivity contribution in [3.05, 3.63) is 24.3 Å². The second-order valence-electron chi connectivity index (χ2n) is 5.17. The molecule has 2 heterocycles. The van der Waals surface area contributed by atoms with Crippen molar-refractivity contribution in [3.8, 4) is 0 Å². The first-order valence-electron chi connectivity index (χ1n) is 6.63. The molecule has 92 valence electrons. The molecule has 1 saturated heterocycles. The summed E-state index contributed by atoms with van der Waals surface area (Å²) in [7, 11) is 0. The number of hydrogen-bond donors (Lipinski definition) is 1. The van der Waals surface area contributed by atoms with Gasteiger partial charge in [0.2, 0.25) is 0 Å². The van der Waals surface area contributed by atoms with Gasteiger partial charge < -0.3 is 10.2 Å². The van der Waals surface area contributed by atoms with Crippen LogP contribution in [0.3, 0.4) is 0 Å². The minimum Gasteiger partial charge on any atom is -0.310 e. The molecule has 0 radical (unpaired) electrons. The van der Waals surface area contributed by atoms with Gasteiger partial charge in [0.1, 0.15) is 6.33 Å². The molecule has 0 aromatic carbocycles.